The zero-order chi connectivity index (χ0) is 19.1. The quantitative estimate of drug-likeness (QED) is 0.627. The second-order valence-corrected chi connectivity index (χ2v) is 8.47. The van der Waals surface area contributed by atoms with E-state index in [0.29, 0.717) is 11.9 Å². The Hall–Kier alpha value is -2.84. The Morgan fingerprint density at radius 2 is 2.04 bits per heavy atom. The molecule has 2 aromatic heterocycles. The normalized spacial score (nSPS) is 21.4. The summed E-state index contributed by atoms with van der Waals surface area (Å²) < 4.78 is 0. The lowest BCUT2D eigenvalue weighted by molar-refractivity contribution is 0.0477. The SMILES string of the molecule is O=C(O)NC1CC2(C1)CN(c1nccc(Nc3cc(C4CCCC4)[nH]n3)n1)C2. The van der Waals surface area contributed by atoms with Gasteiger partial charge in [-0.3, -0.25) is 5.10 Å². The Morgan fingerprint density at radius 1 is 1.25 bits per heavy atom. The molecular weight excluding hydrogens is 358 g/mol. The van der Waals surface area contributed by atoms with Crippen LogP contribution in [0.25, 0.3) is 0 Å². The fourth-order valence-electron chi connectivity index (χ4n) is 4.97. The average Bonchev–Trinajstić information content (AvgIpc) is 3.27. The van der Waals surface area contributed by atoms with Crippen LogP contribution in [0.1, 0.15) is 50.1 Å². The molecule has 0 aromatic carbocycles. The summed E-state index contributed by atoms with van der Waals surface area (Å²) in [5.41, 5.74) is 1.42. The molecule has 2 saturated carbocycles. The highest BCUT2D eigenvalue weighted by molar-refractivity contribution is 5.65. The molecule has 148 valence electrons. The number of carbonyl (C=O) groups is 1. The van der Waals surface area contributed by atoms with Gasteiger partial charge in [-0.25, -0.2) is 9.78 Å². The van der Waals surface area contributed by atoms with Crippen LogP contribution in [0, 0.1) is 5.41 Å². The molecule has 9 nitrogen and oxygen atoms in total. The van der Waals surface area contributed by atoms with Crippen LogP contribution in [0.4, 0.5) is 22.4 Å². The molecule has 9 heteroatoms. The Kier molecular flexibility index (Phi) is 4.10. The van der Waals surface area contributed by atoms with Gasteiger partial charge in [-0.2, -0.15) is 10.1 Å². The number of hydrogen-bond donors (Lipinski definition) is 4. The minimum absolute atomic E-state index is 0.0855. The van der Waals surface area contributed by atoms with Gasteiger partial charge in [-0.1, -0.05) is 12.8 Å². The van der Waals surface area contributed by atoms with E-state index in [1.54, 1.807) is 6.20 Å². The van der Waals surface area contributed by atoms with Gasteiger partial charge in [0.15, 0.2) is 5.82 Å². The number of aromatic nitrogens is 4. The number of anilines is 3. The third kappa shape index (κ3) is 3.25. The first-order valence-electron chi connectivity index (χ1n) is 9.98. The lowest BCUT2D eigenvalue weighted by Gasteiger charge is -2.58. The molecule has 1 amide bonds. The van der Waals surface area contributed by atoms with Crippen molar-refractivity contribution in [2.45, 2.75) is 50.5 Å². The van der Waals surface area contributed by atoms with Crippen molar-refractivity contribution in [1.29, 1.82) is 0 Å². The number of hydrogen-bond acceptors (Lipinski definition) is 6. The summed E-state index contributed by atoms with van der Waals surface area (Å²) >= 11 is 0. The predicted molar refractivity (Wildman–Crippen MR) is 104 cm³/mol. The van der Waals surface area contributed by atoms with Crippen LogP contribution in [0.5, 0.6) is 0 Å². The Morgan fingerprint density at radius 3 is 2.79 bits per heavy atom. The first-order chi connectivity index (χ1) is 13.6. The van der Waals surface area contributed by atoms with Crippen molar-refractivity contribution < 1.29 is 9.90 Å². The fraction of sp³-hybridized carbons (Fsp3) is 0.579. The van der Waals surface area contributed by atoms with E-state index < -0.39 is 6.09 Å². The number of carboxylic acid groups (broad SMARTS) is 1. The second kappa shape index (κ2) is 6.65. The zero-order valence-corrected chi connectivity index (χ0v) is 15.7. The molecule has 28 heavy (non-hydrogen) atoms. The maximum atomic E-state index is 10.7. The van der Waals surface area contributed by atoms with Crippen molar-refractivity contribution in [2.24, 2.45) is 5.41 Å². The summed E-state index contributed by atoms with van der Waals surface area (Å²) in [5.74, 6) is 2.82. The molecule has 3 heterocycles. The van der Waals surface area contributed by atoms with Crippen molar-refractivity contribution >= 4 is 23.7 Å². The molecule has 0 radical (unpaired) electrons. The van der Waals surface area contributed by atoms with Crippen LogP contribution in [0.2, 0.25) is 0 Å². The first-order valence-corrected chi connectivity index (χ1v) is 9.98. The first kappa shape index (κ1) is 17.3. The Bertz CT molecular complexity index is 863. The number of nitrogens with one attached hydrogen (secondary N) is 3. The lowest BCUT2D eigenvalue weighted by atomic mass is 9.61. The molecule has 3 aliphatic rings. The molecule has 2 aliphatic carbocycles. The van der Waals surface area contributed by atoms with Gasteiger partial charge in [-0.15, -0.1) is 0 Å². The van der Waals surface area contributed by atoms with Crippen LogP contribution in [0.3, 0.4) is 0 Å². The number of amides is 1. The Balaban J connectivity index is 1.18. The molecule has 1 aliphatic heterocycles. The highest BCUT2D eigenvalue weighted by Crippen LogP contribution is 2.49. The third-order valence-corrected chi connectivity index (χ3v) is 6.31. The molecule has 1 saturated heterocycles. The zero-order valence-electron chi connectivity index (χ0n) is 15.7. The van der Waals surface area contributed by atoms with Crippen LogP contribution < -0.4 is 15.5 Å². The largest absolute Gasteiger partial charge is 0.465 e. The van der Waals surface area contributed by atoms with Gasteiger partial charge in [0, 0.05) is 48.4 Å². The molecule has 0 atom stereocenters. The molecule has 0 bridgehead atoms. The van der Waals surface area contributed by atoms with Gasteiger partial charge in [0.25, 0.3) is 0 Å². The van der Waals surface area contributed by atoms with Crippen molar-refractivity contribution in [3.05, 3.63) is 24.0 Å². The number of nitrogens with zero attached hydrogens (tertiary/aromatic N) is 4. The lowest BCUT2D eigenvalue weighted by Crippen LogP contribution is -2.67. The van der Waals surface area contributed by atoms with Crippen LogP contribution in [-0.4, -0.2) is 50.5 Å². The summed E-state index contributed by atoms with van der Waals surface area (Å²) in [5, 5.41) is 22.2. The van der Waals surface area contributed by atoms with E-state index >= 15 is 0 Å². The number of rotatable bonds is 5. The van der Waals surface area contributed by atoms with E-state index in [2.05, 4.69) is 41.8 Å². The number of H-pyrrole nitrogens is 1. The van der Waals surface area contributed by atoms with Gasteiger partial charge >= 0.3 is 6.09 Å². The average molecular weight is 383 g/mol. The highest BCUT2D eigenvalue weighted by Gasteiger charge is 2.53. The van der Waals surface area contributed by atoms with Crippen LogP contribution in [-0.2, 0) is 0 Å². The van der Waals surface area contributed by atoms with Crippen molar-refractivity contribution in [1.82, 2.24) is 25.5 Å². The summed E-state index contributed by atoms with van der Waals surface area (Å²) in [6.07, 6.45) is 7.68. The van der Waals surface area contributed by atoms with Crippen LogP contribution in [0.15, 0.2) is 18.3 Å². The predicted octanol–water partition coefficient (Wildman–Crippen LogP) is 2.84. The van der Waals surface area contributed by atoms with E-state index in [0.717, 1.165) is 37.6 Å². The van der Waals surface area contributed by atoms with Crippen molar-refractivity contribution in [3.8, 4) is 0 Å². The van der Waals surface area contributed by atoms with E-state index in [9.17, 15) is 4.79 Å². The second-order valence-electron chi connectivity index (χ2n) is 8.47. The monoisotopic (exact) mass is 383 g/mol. The summed E-state index contributed by atoms with van der Waals surface area (Å²) in [6, 6.07) is 4.02. The molecule has 0 unspecified atom stereocenters. The van der Waals surface area contributed by atoms with Gasteiger partial charge in [0.05, 0.1) is 0 Å². The molecule has 3 fully saturated rings. The van der Waals surface area contributed by atoms with Gasteiger partial charge in [0.2, 0.25) is 5.95 Å². The van der Waals surface area contributed by atoms with Crippen molar-refractivity contribution in [2.75, 3.05) is 23.3 Å². The molecule has 2 aromatic rings. The minimum Gasteiger partial charge on any atom is -0.465 e. The molecule has 5 rings (SSSR count). The minimum atomic E-state index is -0.937. The topological polar surface area (TPSA) is 119 Å². The van der Waals surface area contributed by atoms with E-state index in [1.165, 1.54) is 31.4 Å². The fourth-order valence-corrected chi connectivity index (χ4v) is 4.97. The smallest absolute Gasteiger partial charge is 0.404 e. The third-order valence-electron chi connectivity index (χ3n) is 6.31. The molecule has 1 spiro atoms. The Labute approximate surface area is 163 Å². The summed E-state index contributed by atoms with van der Waals surface area (Å²) in [6.45, 7) is 1.75. The maximum absolute atomic E-state index is 10.7. The van der Waals surface area contributed by atoms with Crippen molar-refractivity contribution in [3.63, 3.8) is 0 Å². The molecular formula is C19H25N7O2. The van der Waals surface area contributed by atoms with Crippen LogP contribution >= 0.6 is 0 Å². The van der Waals surface area contributed by atoms with Gasteiger partial charge < -0.3 is 20.6 Å². The van der Waals surface area contributed by atoms with Gasteiger partial charge in [-0.05, 0) is 31.7 Å². The van der Waals surface area contributed by atoms with E-state index in [4.69, 9.17) is 5.11 Å². The summed E-state index contributed by atoms with van der Waals surface area (Å²) in [4.78, 5) is 21.9. The van der Waals surface area contributed by atoms with Gasteiger partial charge in [0.1, 0.15) is 5.82 Å². The van der Waals surface area contributed by atoms with E-state index in [-0.39, 0.29) is 11.5 Å². The maximum Gasteiger partial charge on any atom is 0.404 e. The summed E-state index contributed by atoms with van der Waals surface area (Å²) in [7, 11) is 0. The highest BCUT2D eigenvalue weighted by atomic mass is 16.4. The number of aromatic amines is 1. The standard InChI is InChI=1S/C19H25N7O2/c27-18(28)21-13-8-19(9-13)10-26(11-19)17-20-6-5-15(23-17)22-16-7-14(24-25-16)12-3-1-2-4-12/h5-7,12-13,21H,1-4,8-11H2,(H,27,28)(H2,20,22,23,24,25). The van der Waals surface area contributed by atoms with E-state index in [1.807, 2.05) is 6.07 Å². The molecule has 4 N–H and O–H groups in total.